The predicted molar refractivity (Wildman–Crippen MR) is 76.2 cm³/mol. The molecule has 0 bridgehead atoms. The second-order valence-electron chi connectivity index (χ2n) is 4.34. The lowest BCUT2D eigenvalue weighted by atomic mass is 10.2. The number of benzene rings is 1. The van der Waals surface area contributed by atoms with Gasteiger partial charge in [0.1, 0.15) is 5.03 Å². The fraction of sp³-hybridized carbons (Fsp3) is 0.357. The fourth-order valence-corrected chi connectivity index (χ4v) is 2.64. The van der Waals surface area contributed by atoms with Gasteiger partial charge in [-0.1, -0.05) is 19.1 Å². The van der Waals surface area contributed by atoms with Crippen LogP contribution in [-0.4, -0.2) is 28.8 Å². The number of fused-ring (bicyclic) bond motifs is 1. The molecule has 0 aliphatic carbocycles. The summed E-state index contributed by atoms with van der Waals surface area (Å²) in [5.74, 6) is 0.294. The van der Waals surface area contributed by atoms with Crippen LogP contribution in [0, 0.1) is 12.8 Å². The Morgan fingerprint density at radius 1 is 1.32 bits per heavy atom. The molecule has 0 fully saturated rings. The third-order valence-electron chi connectivity index (χ3n) is 2.77. The molecule has 1 aromatic heterocycles. The van der Waals surface area contributed by atoms with E-state index in [0.29, 0.717) is 5.75 Å². The molecule has 2 aromatic rings. The van der Waals surface area contributed by atoms with Crippen molar-refractivity contribution >= 4 is 28.8 Å². The second kappa shape index (κ2) is 6.02. The van der Waals surface area contributed by atoms with Crippen LogP contribution in [0.15, 0.2) is 29.3 Å². The molecule has 0 saturated carbocycles. The number of para-hydroxylation sites is 2. The van der Waals surface area contributed by atoms with Crippen molar-refractivity contribution in [2.45, 2.75) is 18.9 Å². The number of carbonyl (C=O) groups excluding carboxylic acids is 1. The molecule has 100 valence electrons. The van der Waals surface area contributed by atoms with Crippen molar-refractivity contribution < 1.29 is 9.53 Å². The average molecular weight is 276 g/mol. The topological polar surface area (TPSA) is 52.1 Å². The molecule has 4 nitrogen and oxygen atoms in total. The number of aryl methyl sites for hydroxylation is 1. The summed E-state index contributed by atoms with van der Waals surface area (Å²) in [4.78, 5) is 20.5. The summed E-state index contributed by atoms with van der Waals surface area (Å²) in [7, 11) is 1.41. The molecule has 2 rings (SSSR count). The summed E-state index contributed by atoms with van der Waals surface area (Å²) < 4.78 is 4.71. The first-order valence-electron chi connectivity index (χ1n) is 6.06. The van der Waals surface area contributed by atoms with E-state index in [1.165, 1.54) is 18.9 Å². The van der Waals surface area contributed by atoms with E-state index in [1.54, 1.807) is 0 Å². The number of thioether (sulfide) groups is 1. The fourth-order valence-electron chi connectivity index (χ4n) is 1.68. The number of aromatic nitrogens is 2. The van der Waals surface area contributed by atoms with Crippen molar-refractivity contribution in [3.05, 3.63) is 30.0 Å². The van der Waals surface area contributed by atoms with Gasteiger partial charge in [0, 0.05) is 5.75 Å². The Kier molecular flexibility index (Phi) is 4.37. The molecular weight excluding hydrogens is 260 g/mol. The average Bonchev–Trinajstić information content (AvgIpc) is 2.43. The molecule has 1 unspecified atom stereocenters. The van der Waals surface area contributed by atoms with Crippen molar-refractivity contribution in [1.29, 1.82) is 0 Å². The van der Waals surface area contributed by atoms with Gasteiger partial charge in [-0.25, -0.2) is 9.97 Å². The first-order valence-corrected chi connectivity index (χ1v) is 7.04. The number of ether oxygens (including phenoxy) is 1. The van der Waals surface area contributed by atoms with Gasteiger partial charge in [-0.2, -0.15) is 0 Å². The maximum atomic E-state index is 11.4. The lowest BCUT2D eigenvalue weighted by Gasteiger charge is -2.09. The second-order valence-corrected chi connectivity index (χ2v) is 5.35. The van der Waals surface area contributed by atoms with Gasteiger partial charge in [0.2, 0.25) is 0 Å². The minimum absolute atomic E-state index is 0.150. The van der Waals surface area contributed by atoms with Gasteiger partial charge in [-0.15, -0.1) is 11.8 Å². The minimum Gasteiger partial charge on any atom is -0.469 e. The molecule has 1 atom stereocenters. The molecule has 0 aliphatic rings. The summed E-state index contributed by atoms with van der Waals surface area (Å²) >= 11 is 1.54. The van der Waals surface area contributed by atoms with E-state index in [9.17, 15) is 4.79 Å². The highest BCUT2D eigenvalue weighted by atomic mass is 32.2. The number of methoxy groups -OCH3 is 1. The van der Waals surface area contributed by atoms with Gasteiger partial charge >= 0.3 is 5.97 Å². The number of hydrogen-bond acceptors (Lipinski definition) is 5. The van der Waals surface area contributed by atoms with E-state index in [-0.39, 0.29) is 11.9 Å². The van der Waals surface area contributed by atoms with E-state index in [1.807, 2.05) is 38.1 Å². The third kappa shape index (κ3) is 3.23. The van der Waals surface area contributed by atoms with Crippen LogP contribution >= 0.6 is 11.8 Å². The smallest absolute Gasteiger partial charge is 0.309 e. The van der Waals surface area contributed by atoms with Crippen LogP contribution in [-0.2, 0) is 9.53 Å². The first-order chi connectivity index (χ1) is 9.11. The monoisotopic (exact) mass is 276 g/mol. The van der Waals surface area contributed by atoms with E-state index in [2.05, 4.69) is 9.97 Å². The lowest BCUT2D eigenvalue weighted by molar-refractivity contribution is -0.143. The van der Waals surface area contributed by atoms with Crippen LogP contribution in [0.1, 0.15) is 12.6 Å². The first kappa shape index (κ1) is 13.8. The maximum Gasteiger partial charge on any atom is 0.309 e. The van der Waals surface area contributed by atoms with Crippen LogP contribution in [0.5, 0.6) is 0 Å². The van der Waals surface area contributed by atoms with Crippen molar-refractivity contribution in [1.82, 2.24) is 9.97 Å². The quantitative estimate of drug-likeness (QED) is 0.635. The zero-order valence-corrected chi connectivity index (χ0v) is 12.0. The molecule has 0 saturated heterocycles. The van der Waals surface area contributed by atoms with E-state index in [4.69, 9.17) is 4.74 Å². The van der Waals surface area contributed by atoms with Crippen LogP contribution in [0.2, 0.25) is 0 Å². The zero-order valence-electron chi connectivity index (χ0n) is 11.2. The van der Waals surface area contributed by atoms with E-state index in [0.717, 1.165) is 21.8 Å². The normalized spacial score (nSPS) is 12.4. The summed E-state index contributed by atoms with van der Waals surface area (Å²) in [6.07, 6.45) is 0. The number of hydrogen-bond donors (Lipinski definition) is 0. The highest BCUT2D eigenvalue weighted by Gasteiger charge is 2.15. The van der Waals surface area contributed by atoms with Crippen molar-refractivity contribution in [3.8, 4) is 0 Å². The molecule has 0 aliphatic heterocycles. The van der Waals surface area contributed by atoms with Gasteiger partial charge in [-0.3, -0.25) is 4.79 Å². The molecule has 0 spiro atoms. The Balaban J connectivity index is 2.16. The van der Waals surface area contributed by atoms with Crippen LogP contribution in [0.25, 0.3) is 11.0 Å². The number of carbonyl (C=O) groups is 1. The molecule has 0 N–H and O–H groups in total. The van der Waals surface area contributed by atoms with Gasteiger partial charge < -0.3 is 4.74 Å². The zero-order chi connectivity index (χ0) is 13.8. The maximum absolute atomic E-state index is 11.4. The van der Waals surface area contributed by atoms with Gasteiger partial charge in [0.15, 0.2) is 0 Å². The highest BCUT2D eigenvalue weighted by molar-refractivity contribution is 7.99. The molecule has 0 amide bonds. The SMILES string of the molecule is COC(=O)C(C)CSc1nc2ccccc2nc1C. The Labute approximate surface area is 116 Å². The van der Waals surface area contributed by atoms with Crippen LogP contribution < -0.4 is 0 Å². The molecule has 1 aromatic carbocycles. The van der Waals surface area contributed by atoms with Gasteiger partial charge in [-0.05, 0) is 19.1 Å². The summed E-state index contributed by atoms with van der Waals surface area (Å²) in [5.41, 5.74) is 2.66. The predicted octanol–water partition coefficient (Wildman–Crippen LogP) is 2.84. The van der Waals surface area contributed by atoms with E-state index < -0.39 is 0 Å². The number of rotatable bonds is 4. The molecular formula is C14H16N2O2S. The lowest BCUT2D eigenvalue weighted by Crippen LogP contribution is -2.15. The van der Waals surface area contributed by atoms with Crippen LogP contribution in [0.3, 0.4) is 0 Å². The third-order valence-corrected chi connectivity index (χ3v) is 4.10. The van der Waals surface area contributed by atoms with Gasteiger partial charge in [0.25, 0.3) is 0 Å². The van der Waals surface area contributed by atoms with Crippen molar-refractivity contribution in [2.24, 2.45) is 5.92 Å². The standard InChI is InChI=1S/C14H16N2O2S/c1-9(14(17)18-3)8-19-13-10(2)15-11-6-4-5-7-12(11)16-13/h4-7,9H,8H2,1-3H3. The molecule has 0 radical (unpaired) electrons. The highest BCUT2D eigenvalue weighted by Crippen LogP contribution is 2.24. The van der Waals surface area contributed by atoms with Crippen LogP contribution in [0.4, 0.5) is 0 Å². The van der Waals surface area contributed by atoms with Crippen molar-refractivity contribution in [2.75, 3.05) is 12.9 Å². The van der Waals surface area contributed by atoms with Crippen molar-refractivity contribution in [3.63, 3.8) is 0 Å². The Bertz CT molecular complexity index is 601. The molecule has 5 heteroatoms. The summed E-state index contributed by atoms with van der Waals surface area (Å²) in [5, 5.41) is 0.870. The Hall–Kier alpha value is -1.62. The largest absolute Gasteiger partial charge is 0.469 e. The Morgan fingerprint density at radius 3 is 2.58 bits per heavy atom. The summed E-state index contributed by atoms with van der Waals surface area (Å²) in [6, 6.07) is 7.77. The van der Waals surface area contributed by atoms with E-state index >= 15 is 0 Å². The molecule has 19 heavy (non-hydrogen) atoms. The molecule has 1 heterocycles. The number of nitrogens with zero attached hydrogens (tertiary/aromatic N) is 2. The minimum atomic E-state index is -0.195. The summed E-state index contributed by atoms with van der Waals surface area (Å²) in [6.45, 7) is 3.78. The number of esters is 1. The Morgan fingerprint density at radius 2 is 1.95 bits per heavy atom. The van der Waals surface area contributed by atoms with Gasteiger partial charge in [0.05, 0.1) is 29.8 Å².